The first kappa shape index (κ1) is 21.5. The number of carboxylic acid groups (broad SMARTS) is 1. The molecule has 158 valence electrons. The third kappa shape index (κ3) is 5.43. The van der Waals surface area contributed by atoms with Crippen LogP contribution >= 0.6 is 0 Å². The van der Waals surface area contributed by atoms with E-state index >= 15 is 0 Å². The second-order valence-electron chi connectivity index (χ2n) is 9.71. The van der Waals surface area contributed by atoms with Crippen LogP contribution in [0.25, 0.3) is 10.8 Å². The first-order valence-electron chi connectivity index (χ1n) is 10.8. The number of hydrogen-bond acceptors (Lipinski definition) is 3. The summed E-state index contributed by atoms with van der Waals surface area (Å²) in [5.41, 5.74) is 1.42. The van der Waals surface area contributed by atoms with Crippen LogP contribution in [-0.4, -0.2) is 30.3 Å². The molecule has 0 bridgehead atoms. The molecule has 2 aromatic rings. The molecule has 0 amide bonds. The lowest BCUT2D eigenvalue weighted by molar-refractivity contribution is -0.137. The summed E-state index contributed by atoms with van der Waals surface area (Å²) in [5.74, 6) is 0.957. The molecule has 0 radical (unpaired) electrons. The van der Waals surface area contributed by atoms with Gasteiger partial charge in [0.25, 0.3) is 0 Å². The maximum atomic E-state index is 11.0. The van der Waals surface area contributed by atoms with Gasteiger partial charge in [0.1, 0.15) is 5.75 Å². The Labute approximate surface area is 174 Å². The Morgan fingerprint density at radius 3 is 2.34 bits per heavy atom. The van der Waals surface area contributed by atoms with E-state index in [-0.39, 0.29) is 12.5 Å². The lowest BCUT2D eigenvalue weighted by Gasteiger charge is -2.37. The van der Waals surface area contributed by atoms with Crippen LogP contribution < -0.4 is 9.64 Å². The van der Waals surface area contributed by atoms with Gasteiger partial charge < -0.3 is 14.7 Å². The molecule has 0 saturated heterocycles. The Bertz CT molecular complexity index is 847. The quantitative estimate of drug-likeness (QED) is 0.638. The number of aliphatic carboxylic acids is 1. The molecule has 1 aliphatic carbocycles. The predicted octanol–water partition coefficient (Wildman–Crippen LogP) is 6.12. The van der Waals surface area contributed by atoms with Crippen LogP contribution in [-0.2, 0) is 4.79 Å². The molecule has 1 atom stereocenters. The molecule has 29 heavy (non-hydrogen) atoms. The largest absolute Gasteiger partial charge is 0.490 e. The fraction of sp³-hybridized carbons (Fsp3) is 0.560. The van der Waals surface area contributed by atoms with Crippen LogP contribution in [0.15, 0.2) is 36.4 Å². The van der Waals surface area contributed by atoms with Gasteiger partial charge in [-0.25, -0.2) is 0 Å². The fourth-order valence-electron chi connectivity index (χ4n) is 4.39. The Morgan fingerprint density at radius 2 is 1.72 bits per heavy atom. The second-order valence-corrected chi connectivity index (χ2v) is 9.71. The second kappa shape index (κ2) is 8.64. The summed E-state index contributed by atoms with van der Waals surface area (Å²) in [6, 6.07) is 12.5. The summed E-state index contributed by atoms with van der Waals surface area (Å²) < 4.78 is 6.31. The minimum absolute atomic E-state index is 0.0595. The zero-order chi connectivity index (χ0) is 21.2. The maximum absolute atomic E-state index is 11.0. The molecule has 1 saturated carbocycles. The molecule has 2 aromatic carbocycles. The van der Waals surface area contributed by atoms with E-state index in [0.717, 1.165) is 41.0 Å². The number of fused-ring (bicyclic) bond motifs is 1. The standard InChI is InChI=1S/C25H35NO3/c1-17(14-24(27)28)26(5)21-10-6-19-16-23(11-7-18(19)15-21)29-22-12-8-20(9-13-22)25(2,3)4/h6-7,10-11,15-17,20,22H,8-9,12-14H2,1-5H3,(H,27,28). The van der Waals surface area contributed by atoms with Crippen molar-refractivity contribution in [2.75, 3.05) is 11.9 Å². The lowest BCUT2D eigenvalue weighted by atomic mass is 9.72. The molecule has 0 aliphatic heterocycles. The average molecular weight is 398 g/mol. The Kier molecular flexibility index (Phi) is 6.40. The molecule has 1 aliphatic rings. The van der Waals surface area contributed by atoms with Crippen molar-refractivity contribution in [1.29, 1.82) is 0 Å². The number of benzene rings is 2. The molecule has 3 rings (SSSR count). The number of anilines is 1. The van der Waals surface area contributed by atoms with Gasteiger partial charge in [0, 0.05) is 18.8 Å². The van der Waals surface area contributed by atoms with Crippen LogP contribution in [0.5, 0.6) is 5.75 Å². The fourth-order valence-corrected chi connectivity index (χ4v) is 4.39. The van der Waals surface area contributed by atoms with Crippen molar-refractivity contribution in [1.82, 2.24) is 0 Å². The number of hydrogen-bond donors (Lipinski definition) is 1. The van der Waals surface area contributed by atoms with E-state index in [4.69, 9.17) is 9.84 Å². The van der Waals surface area contributed by atoms with Crippen molar-refractivity contribution in [2.45, 2.75) is 71.9 Å². The van der Waals surface area contributed by atoms with Gasteiger partial charge in [-0.05, 0) is 79.0 Å². The highest BCUT2D eigenvalue weighted by atomic mass is 16.5. The Balaban J connectivity index is 1.66. The first-order valence-corrected chi connectivity index (χ1v) is 10.8. The molecule has 0 heterocycles. The molecule has 1 unspecified atom stereocenters. The maximum Gasteiger partial charge on any atom is 0.305 e. The van der Waals surface area contributed by atoms with Crippen LogP contribution in [0.4, 0.5) is 5.69 Å². The predicted molar refractivity (Wildman–Crippen MR) is 120 cm³/mol. The lowest BCUT2D eigenvalue weighted by Crippen LogP contribution is -2.30. The van der Waals surface area contributed by atoms with Crippen LogP contribution in [0.1, 0.15) is 59.8 Å². The molecule has 4 nitrogen and oxygen atoms in total. The van der Waals surface area contributed by atoms with Gasteiger partial charge in [-0.2, -0.15) is 0 Å². The molecule has 0 aromatic heterocycles. The van der Waals surface area contributed by atoms with Crippen molar-refractivity contribution < 1.29 is 14.6 Å². The van der Waals surface area contributed by atoms with Gasteiger partial charge in [0.2, 0.25) is 0 Å². The van der Waals surface area contributed by atoms with E-state index in [9.17, 15) is 4.79 Å². The third-order valence-corrected chi connectivity index (χ3v) is 6.54. The van der Waals surface area contributed by atoms with Crippen molar-refractivity contribution >= 4 is 22.4 Å². The first-order chi connectivity index (χ1) is 13.6. The van der Waals surface area contributed by atoms with Crippen LogP contribution in [0.3, 0.4) is 0 Å². The van der Waals surface area contributed by atoms with Crippen molar-refractivity contribution in [2.24, 2.45) is 11.3 Å². The number of carboxylic acids is 1. The molecular formula is C25H35NO3. The van der Waals surface area contributed by atoms with Gasteiger partial charge in [-0.1, -0.05) is 32.9 Å². The summed E-state index contributed by atoms with van der Waals surface area (Å²) in [5, 5.41) is 11.3. The van der Waals surface area contributed by atoms with Crippen molar-refractivity contribution in [3.8, 4) is 5.75 Å². The van der Waals surface area contributed by atoms with E-state index in [1.165, 1.54) is 12.8 Å². The van der Waals surface area contributed by atoms with Crippen molar-refractivity contribution in [3.63, 3.8) is 0 Å². The SMILES string of the molecule is CC(CC(=O)O)N(C)c1ccc2cc(OC3CCC(C(C)(C)C)CC3)ccc2c1. The van der Waals surface area contributed by atoms with Crippen molar-refractivity contribution in [3.05, 3.63) is 36.4 Å². The normalized spacial score (nSPS) is 21.0. The summed E-state index contributed by atoms with van der Waals surface area (Å²) in [7, 11) is 1.94. The van der Waals surface area contributed by atoms with Gasteiger partial charge in [0.05, 0.1) is 12.5 Å². The van der Waals surface area contributed by atoms with E-state index in [1.807, 2.05) is 18.9 Å². The Hall–Kier alpha value is -2.23. The highest BCUT2D eigenvalue weighted by Gasteiger charge is 2.30. The zero-order valence-electron chi connectivity index (χ0n) is 18.4. The zero-order valence-corrected chi connectivity index (χ0v) is 18.4. The molecular weight excluding hydrogens is 362 g/mol. The smallest absolute Gasteiger partial charge is 0.305 e. The average Bonchev–Trinajstić information content (AvgIpc) is 2.66. The molecule has 0 spiro atoms. The highest BCUT2D eigenvalue weighted by molar-refractivity contribution is 5.87. The van der Waals surface area contributed by atoms with Crippen LogP contribution in [0.2, 0.25) is 0 Å². The number of rotatable bonds is 6. The summed E-state index contributed by atoms with van der Waals surface area (Å²) >= 11 is 0. The summed E-state index contributed by atoms with van der Waals surface area (Å²) in [6.45, 7) is 8.96. The third-order valence-electron chi connectivity index (χ3n) is 6.54. The van der Waals surface area contributed by atoms with E-state index in [0.29, 0.717) is 11.5 Å². The van der Waals surface area contributed by atoms with E-state index in [1.54, 1.807) is 0 Å². The number of carbonyl (C=O) groups is 1. The Morgan fingerprint density at radius 1 is 1.10 bits per heavy atom. The minimum atomic E-state index is -0.775. The topological polar surface area (TPSA) is 49.8 Å². The van der Waals surface area contributed by atoms with Crippen LogP contribution in [0, 0.1) is 11.3 Å². The monoisotopic (exact) mass is 397 g/mol. The number of nitrogens with zero attached hydrogens (tertiary/aromatic N) is 1. The van der Waals surface area contributed by atoms with Gasteiger partial charge in [0.15, 0.2) is 0 Å². The number of ether oxygens (including phenoxy) is 1. The van der Waals surface area contributed by atoms with Gasteiger partial charge in [-0.15, -0.1) is 0 Å². The van der Waals surface area contributed by atoms with E-state index < -0.39 is 5.97 Å². The molecule has 1 fully saturated rings. The summed E-state index contributed by atoms with van der Waals surface area (Å²) in [6.07, 6.45) is 5.18. The van der Waals surface area contributed by atoms with Gasteiger partial charge >= 0.3 is 5.97 Å². The summed E-state index contributed by atoms with van der Waals surface area (Å²) in [4.78, 5) is 13.0. The minimum Gasteiger partial charge on any atom is -0.490 e. The molecule has 4 heteroatoms. The highest BCUT2D eigenvalue weighted by Crippen LogP contribution is 2.39. The van der Waals surface area contributed by atoms with Gasteiger partial charge in [-0.3, -0.25) is 4.79 Å². The molecule has 1 N–H and O–H groups in total. The van der Waals surface area contributed by atoms with E-state index in [2.05, 4.69) is 57.2 Å².